The summed E-state index contributed by atoms with van der Waals surface area (Å²) < 4.78 is 32.3. The van der Waals surface area contributed by atoms with Gasteiger partial charge in [-0.3, -0.25) is 9.59 Å². The summed E-state index contributed by atoms with van der Waals surface area (Å²) in [6.45, 7) is 1.13. The first kappa shape index (κ1) is 22.6. The van der Waals surface area contributed by atoms with E-state index in [2.05, 4.69) is 5.32 Å². The number of carbonyl (C=O) groups is 2. The minimum absolute atomic E-state index is 0.0182. The number of halogens is 1. The molecule has 3 rings (SSSR count). The Morgan fingerprint density at radius 2 is 1.87 bits per heavy atom. The number of rotatable bonds is 7. The maximum Gasteiger partial charge on any atom is 0.257 e. The molecule has 8 nitrogen and oxygen atoms in total. The number of benzene rings is 2. The van der Waals surface area contributed by atoms with Crippen molar-refractivity contribution in [3.8, 4) is 0 Å². The summed E-state index contributed by atoms with van der Waals surface area (Å²) >= 11 is 7.37. The van der Waals surface area contributed by atoms with Gasteiger partial charge in [-0.05, 0) is 30.3 Å². The highest BCUT2D eigenvalue weighted by Crippen LogP contribution is 2.29. The van der Waals surface area contributed by atoms with Gasteiger partial charge in [-0.1, -0.05) is 23.7 Å². The van der Waals surface area contributed by atoms with Crippen LogP contribution in [-0.4, -0.2) is 56.6 Å². The Morgan fingerprint density at radius 3 is 2.57 bits per heavy atom. The average Bonchev–Trinajstić information content (AvgIpc) is 2.73. The van der Waals surface area contributed by atoms with Crippen LogP contribution in [0.2, 0.25) is 5.02 Å². The van der Waals surface area contributed by atoms with E-state index in [0.29, 0.717) is 23.8 Å². The molecule has 0 saturated carbocycles. The fraction of sp³-hybridized carbons (Fsp3) is 0.263. The highest BCUT2D eigenvalue weighted by Gasteiger charge is 2.27. The molecule has 11 heteroatoms. The average molecular weight is 470 g/mol. The predicted molar refractivity (Wildman–Crippen MR) is 115 cm³/mol. The molecule has 0 bridgehead atoms. The first-order valence-corrected chi connectivity index (χ1v) is 11.8. The highest BCUT2D eigenvalue weighted by atomic mass is 35.5. The second-order valence-electron chi connectivity index (χ2n) is 6.36. The molecule has 160 valence electrons. The minimum Gasteiger partial charge on any atom is -0.379 e. The van der Waals surface area contributed by atoms with Crippen LogP contribution in [0.15, 0.2) is 52.3 Å². The molecule has 1 heterocycles. The van der Waals surface area contributed by atoms with Crippen LogP contribution < -0.4 is 11.1 Å². The van der Waals surface area contributed by atoms with E-state index in [0.717, 1.165) is 0 Å². The van der Waals surface area contributed by atoms with Crippen molar-refractivity contribution in [3.63, 3.8) is 0 Å². The summed E-state index contributed by atoms with van der Waals surface area (Å²) in [7, 11) is -3.77. The smallest absolute Gasteiger partial charge is 0.257 e. The van der Waals surface area contributed by atoms with Crippen molar-refractivity contribution >= 4 is 50.9 Å². The van der Waals surface area contributed by atoms with Crippen molar-refractivity contribution in [2.75, 3.05) is 37.4 Å². The van der Waals surface area contributed by atoms with Crippen LogP contribution in [0, 0.1) is 0 Å². The molecule has 1 aliphatic rings. The van der Waals surface area contributed by atoms with Crippen molar-refractivity contribution in [2.24, 2.45) is 5.73 Å². The van der Waals surface area contributed by atoms with E-state index in [1.54, 1.807) is 24.3 Å². The maximum absolute atomic E-state index is 12.9. The van der Waals surface area contributed by atoms with Crippen molar-refractivity contribution in [1.29, 1.82) is 0 Å². The Kier molecular flexibility index (Phi) is 7.37. The standard InChI is InChI=1S/C19H20ClN3O5S2/c20-15-6-5-13(30(26,27)23-7-9-28-10-8-23)11-14(15)19(25)22-16-3-1-2-4-17(16)29-12-18(21)24/h1-6,11H,7-10,12H2,(H2,21,24)(H,22,25). The summed E-state index contributed by atoms with van der Waals surface area (Å²) in [5.74, 6) is -0.989. The summed E-state index contributed by atoms with van der Waals surface area (Å²) in [5.41, 5.74) is 5.68. The third kappa shape index (κ3) is 5.32. The zero-order valence-electron chi connectivity index (χ0n) is 15.8. The van der Waals surface area contributed by atoms with Gasteiger partial charge in [-0.25, -0.2) is 8.42 Å². The predicted octanol–water partition coefficient (Wildman–Crippen LogP) is 2.19. The molecule has 1 aliphatic heterocycles. The molecule has 1 fully saturated rings. The molecular weight excluding hydrogens is 450 g/mol. The maximum atomic E-state index is 12.9. The van der Waals surface area contributed by atoms with Crippen molar-refractivity contribution in [2.45, 2.75) is 9.79 Å². The number of anilines is 1. The Morgan fingerprint density at radius 1 is 1.17 bits per heavy atom. The van der Waals surface area contributed by atoms with Crippen LogP contribution in [0.1, 0.15) is 10.4 Å². The number of nitrogens with zero attached hydrogens (tertiary/aromatic N) is 1. The molecule has 0 spiro atoms. The number of thioether (sulfide) groups is 1. The number of nitrogens with one attached hydrogen (secondary N) is 1. The van der Waals surface area contributed by atoms with Crippen LogP contribution in [0.3, 0.4) is 0 Å². The van der Waals surface area contributed by atoms with Gasteiger partial charge in [0.05, 0.1) is 40.1 Å². The number of hydrogen-bond acceptors (Lipinski definition) is 6. The number of carbonyl (C=O) groups excluding carboxylic acids is 2. The largest absolute Gasteiger partial charge is 0.379 e. The Bertz CT molecular complexity index is 1060. The van der Waals surface area contributed by atoms with E-state index in [-0.39, 0.29) is 34.3 Å². The van der Waals surface area contributed by atoms with Crippen molar-refractivity contribution < 1.29 is 22.7 Å². The van der Waals surface area contributed by atoms with Gasteiger partial charge >= 0.3 is 0 Å². The molecule has 0 aliphatic carbocycles. The van der Waals surface area contributed by atoms with E-state index < -0.39 is 21.8 Å². The van der Waals surface area contributed by atoms with Gasteiger partial charge in [0.1, 0.15) is 0 Å². The number of primary amides is 1. The summed E-state index contributed by atoms with van der Waals surface area (Å²) in [5, 5.41) is 2.85. The number of hydrogen-bond donors (Lipinski definition) is 2. The molecule has 2 aromatic rings. The second kappa shape index (κ2) is 9.80. The fourth-order valence-electron chi connectivity index (χ4n) is 2.81. The van der Waals surface area contributed by atoms with E-state index in [1.165, 1.54) is 34.3 Å². The van der Waals surface area contributed by atoms with E-state index >= 15 is 0 Å². The van der Waals surface area contributed by atoms with E-state index in [1.807, 2.05) is 0 Å². The molecule has 0 radical (unpaired) electrons. The van der Waals surface area contributed by atoms with Crippen molar-refractivity contribution in [1.82, 2.24) is 4.31 Å². The molecule has 0 atom stereocenters. The number of sulfonamides is 1. The van der Waals surface area contributed by atoms with Gasteiger partial charge < -0.3 is 15.8 Å². The van der Waals surface area contributed by atoms with Crippen LogP contribution >= 0.6 is 23.4 Å². The molecule has 2 amide bonds. The lowest BCUT2D eigenvalue weighted by atomic mass is 10.2. The number of nitrogens with two attached hydrogens (primary N) is 1. The number of para-hydroxylation sites is 1. The van der Waals surface area contributed by atoms with E-state index in [9.17, 15) is 18.0 Å². The summed E-state index contributed by atoms with van der Waals surface area (Å²) in [6, 6.07) is 10.9. The van der Waals surface area contributed by atoms with E-state index in [4.69, 9.17) is 22.1 Å². The van der Waals surface area contributed by atoms with Gasteiger partial charge in [-0.2, -0.15) is 4.31 Å². The zero-order chi connectivity index (χ0) is 21.7. The first-order chi connectivity index (χ1) is 14.3. The molecular formula is C19H20ClN3O5S2. The first-order valence-electron chi connectivity index (χ1n) is 8.98. The van der Waals surface area contributed by atoms with Crippen LogP contribution in [-0.2, 0) is 19.6 Å². The SMILES string of the molecule is NC(=O)CSc1ccccc1NC(=O)c1cc(S(=O)(=O)N2CCOCC2)ccc1Cl. The zero-order valence-corrected chi connectivity index (χ0v) is 18.2. The number of ether oxygens (including phenoxy) is 1. The Hall–Kier alpha value is -2.11. The van der Waals surface area contributed by atoms with Gasteiger partial charge in [0.25, 0.3) is 5.91 Å². The van der Waals surface area contributed by atoms with Gasteiger partial charge in [0.15, 0.2) is 0 Å². The number of morpholine rings is 1. The molecule has 1 saturated heterocycles. The van der Waals surface area contributed by atoms with Crippen LogP contribution in [0.4, 0.5) is 5.69 Å². The lowest BCUT2D eigenvalue weighted by Crippen LogP contribution is -2.40. The third-order valence-electron chi connectivity index (χ3n) is 4.30. The normalized spacial score (nSPS) is 15.0. The Labute approximate surface area is 183 Å². The molecule has 0 aromatic heterocycles. The Balaban J connectivity index is 1.85. The quantitative estimate of drug-likeness (QED) is 0.600. The number of amides is 2. The molecule has 0 unspecified atom stereocenters. The monoisotopic (exact) mass is 469 g/mol. The van der Waals surface area contributed by atoms with Crippen LogP contribution in [0.25, 0.3) is 0 Å². The lowest BCUT2D eigenvalue weighted by Gasteiger charge is -2.26. The minimum atomic E-state index is -3.77. The topological polar surface area (TPSA) is 119 Å². The van der Waals surface area contributed by atoms with Gasteiger partial charge in [-0.15, -0.1) is 11.8 Å². The second-order valence-corrected chi connectivity index (χ2v) is 9.73. The highest BCUT2D eigenvalue weighted by molar-refractivity contribution is 8.00. The third-order valence-corrected chi connectivity index (χ3v) is 7.62. The van der Waals surface area contributed by atoms with Gasteiger partial charge in [0, 0.05) is 18.0 Å². The molecule has 2 aromatic carbocycles. The molecule has 3 N–H and O–H groups in total. The molecule has 30 heavy (non-hydrogen) atoms. The summed E-state index contributed by atoms with van der Waals surface area (Å²) in [6.07, 6.45) is 0. The van der Waals surface area contributed by atoms with Crippen molar-refractivity contribution in [3.05, 3.63) is 53.1 Å². The van der Waals surface area contributed by atoms with Gasteiger partial charge in [0.2, 0.25) is 15.9 Å². The lowest BCUT2D eigenvalue weighted by molar-refractivity contribution is -0.115. The van der Waals surface area contributed by atoms with Crippen LogP contribution in [0.5, 0.6) is 0 Å². The fourth-order valence-corrected chi connectivity index (χ4v) is 5.19. The summed E-state index contributed by atoms with van der Waals surface area (Å²) in [4.78, 5) is 24.6.